The van der Waals surface area contributed by atoms with Crippen molar-refractivity contribution >= 4 is 49.0 Å². The van der Waals surface area contributed by atoms with Crippen molar-refractivity contribution in [1.29, 1.82) is 0 Å². The van der Waals surface area contributed by atoms with Gasteiger partial charge >= 0.3 is 0 Å². The molecular weight excluding hydrogens is 436 g/mol. The Morgan fingerprint density at radius 2 is 1.39 bits per heavy atom. The van der Waals surface area contributed by atoms with Gasteiger partial charge in [-0.1, -0.05) is 60.7 Å². The van der Waals surface area contributed by atoms with E-state index in [1.54, 1.807) is 43.3 Å². The van der Waals surface area contributed by atoms with Gasteiger partial charge in [-0.2, -0.15) is 0 Å². The van der Waals surface area contributed by atoms with Crippen LogP contribution in [0.5, 0.6) is 0 Å². The number of hydrogen-bond donors (Lipinski definition) is 2. The van der Waals surface area contributed by atoms with E-state index in [1.807, 2.05) is 42.5 Å². The first kappa shape index (κ1) is 20.8. The van der Waals surface area contributed by atoms with E-state index in [-0.39, 0.29) is 10.8 Å². The van der Waals surface area contributed by atoms with Gasteiger partial charge in [-0.15, -0.1) is 0 Å². The first-order valence-corrected chi connectivity index (χ1v) is 11.8. The minimum Gasteiger partial charge on any atom is -0.460 e. The van der Waals surface area contributed by atoms with Gasteiger partial charge in [-0.05, 0) is 37.3 Å². The number of furan rings is 1. The Hall–Kier alpha value is -4.10. The molecule has 7 heteroatoms. The minimum atomic E-state index is -3.83. The molecule has 2 N–H and O–H groups in total. The van der Waals surface area contributed by atoms with Crippen molar-refractivity contribution in [3.05, 3.63) is 102 Å². The standard InChI is InChI=1S/C26H20N2O4S/c1-17-24(26(29)27-18-10-4-2-5-11-18)22-16-23(20-14-8-9-15-21(20)25(22)32-17)28-33(30,31)19-12-6-3-7-13-19/h2-16,28H,1H3,(H,27,29). The third kappa shape index (κ3) is 3.83. The van der Waals surface area contributed by atoms with Crippen LogP contribution in [0.4, 0.5) is 11.4 Å². The van der Waals surface area contributed by atoms with Gasteiger partial charge in [-0.3, -0.25) is 9.52 Å². The average Bonchev–Trinajstić information content (AvgIpc) is 3.16. The summed E-state index contributed by atoms with van der Waals surface area (Å²) >= 11 is 0. The number of carbonyl (C=O) groups excluding carboxylic acids is 1. The molecule has 0 spiro atoms. The van der Waals surface area contributed by atoms with E-state index in [4.69, 9.17) is 4.42 Å². The van der Waals surface area contributed by atoms with Crippen LogP contribution in [0.1, 0.15) is 16.1 Å². The molecule has 0 fully saturated rings. The van der Waals surface area contributed by atoms with Crippen LogP contribution >= 0.6 is 0 Å². The molecule has 0 aliphatic heterocycles. The minimum absolute atomic E-state index is 0.152. The lowest BCUT2D eigenvalue weighted by molar-refractivity contribution is 0.102. The van der Waals surface area contributed by atoms with Crippen LogP contribution in [0.25, 0.3) is 21.7 Å². The number of carbonyl (C=O) groups is 1. The van der Waals surface area contributed by atoms with Gasteiger partial charge in [0.1, 0.15) is 11.3 Å². The summed E-state index contributed by atoms with van der Waals surface area (Å²) in [6, 6.07) is 26.3. The van der Waals surface area contributed by atoms with Crippen LogP contribution in [0.2, 0.25) is 0 Å². The highest BCUT2D eigenvalue weighted by atomic mass is 32.2. The van der Waals surface area contributed by atoms with E-state index in [0.717, 1.165) is 0 Å². The molecule has 1 heterocycles. The third-order valence-corrected chi connectivity index (χ3v) is 6.81. The first-order chi connectivity index (χ1) is 15.9. The Morgan fingerprint density at radius 1 is 0.788 bits per heavy atom. The number of nitrogens with one attached hydrogen (secondary N) is 2. The molecule has 5 rings (SSSR count). The zero-order chi connectivity index (χ0) is 23.0. The molecule has 0 aliphatic carbocycles. The van der Waals surface area contributed by atoms with Gasteiger partial charge in [0.05, 0.1) is 16.1 Å². The van der Waals surface area contributed by atoms with Crippen LogP contribution < -0.4 is 10.0 Å². The Labute approximate surface area is 190 Å². The van der Waals surface area contributed by atoms with Gasteiger partial charge in [0.25, 0.3) is 15.9 Å². The number of benzene rings is 4. The van der Waals surface area contributed by atoms with Crippen LogP contribution in [-0.2, 0) is 10.0 Å². The lowest BCUT2D eigenvalue weighted by Crippen LogP contribution is -2.14. The summed E-state index contributed by atoms with van der Waals surface area (Å²) in [5, 5.41) is 4.80. The molecule has 0 radical (unpaired) electrons. The Morgan fingerprint density at radius 3 is 2.09 bits per heavy atom. The second-order valence-electron chi connectivity index (χ2n) is 7.62. The monoisotopic (exact) mass is 456 g/mol. The maximum Gasteiger partial charge on any atom is 0.261 e. The first-order valence-electron chi connectivity index (χ1n) is 10.3. The molecule has 6 nitrogen and oxygen atoms in total. The predicted molar refractivity (Wildman–Crippen MR) is 130 cm³/mol. The van der Waals surface area contributed by atoms with Crippen molar-refractivity contribution in [2.24, 2.45) is 0 Å². The topological polar surface area (TPSA) is 88.4 Å². The van der Waals surface area contributed by atoms with E-state index in [1.165, 1.54) is 12.1 Å². The van der Waals surface area contributed by atoms with Gasteiger partial charge in [-0.25, -0.2) is 8.42 Å². The van der Waals surface area contributed by atoms with Crippen molar-refractivity contribution in [1.82, 2.24) is 0 Å². The fourth-order valence-corrected chi connectivity index (χ4v) is 5.01. The third-order valence-electron chi connectivity index (χ3n) is 5.43. The number of para-hydroxylation sites is 1. The second-order valence-corrected chi connectivity index (χ2v) is 9.30. The van der Waals surface area contributed by atoms with Crippen LogP contribution in [0.3, 0.4) is 0 Å². The second kappa shape index (κ2) is 8.11. The molecular formula is C26H20N2O4S. The zero-order valence-electron chi connectivity index (χ0n) is 17.7. The van der Waals surface area contributed by atoms with Gasteiger partial charge < -0.3 is 9.73 Å². The van der Waals surface area contributed by atoms with E-state index >= 15 is 0 Å². The normalized spacial score (nSPS) is 11.5. The number of amides is 1. The maximum absolute atomic E-state index is 13.2. The van der Waals surface area contributed by atoms with E-state index in [2.05, 4.69) is 10.0 Å². The molecule has 5 aromatic rings. The molecule has 1 amide bonds. The van der Waals surface area contributed by atoms with Gasteiger partial charge in [0.2, 0.25) is 0 Å². The SMILES string of the molecule is Cc1oc2c(cc(NS(=O)(=O)c3ccccc3)c3ccccc32)c1C(=O)Nc1ccccc1. The summed E-state index contributed by atoms with van der Waals surface area (Å²) in [6.45, 7) is 1.72. The van der Waals surface area contributed by atoms with Crippen molar-refractivity contribution in [2.45, 2.75) is 11.8 Å². The molecule has 0 saturated carbocycles. The number of anilines is 2. The Kier molecular flexibility index (Phi) is 5.11. The molecule has 0 atom stereocenters. The predicted octanol–water partition coefficient (Wildman–Crippen LogP) is 5.95. The average molecular weight is 457 g/mol. The highest BCUT2D eigenvalue weighted by molar-refractivity contribution is 7.92. The number of sulfonamides is 1. The molecule has 0 aliphatic rings. The van der Waals surface area contributed by atoms with Crippen LogP contribution in [-0.4, -0.2) is 14.3 Å². The summed E-state index contributed by atoms with van der Waals surface area (Å²) < 4.78 is 34.8. The molecule has 1 aromatic heterocycles. The van der Waals surface area contributed by atoms with E-state index in [9.17, 15) is 13.2 Å². The molecule has 0 bridgehead atoms. The molecule has 164 valence electrons. The Balaban J connectivity index is 1.67. The smallest absolute Gasteiger partial charge is 0.261 e. The lowest BCUT2D eigenvalue weighted by Gasteiger charge is -2.12. The van der Waals surface area contributed by atoms with Gasteiger partial charge in [0.15, 0.2) is 0 Å². The summed E-state index contributed by atoms with van der Waals surface area (Å²) in [5.41, 5.74) is 1.92. The summed E-state index contributed by atoms with van der Waals surface area (Å²) in [7, 11) is -3.83. The van der Waals surface area contributed by atoms with Crippen molar-refractivity contribution in [2.75, 3.05) is 10.0 Å². The summed E-state index contributed by atoms with van der Waals surface area (Å²) in [4.78, 5) is 13.3. The van der Waals surface area contributed by atoms with Crippen molar-refractivity contribution in [3.8, 4) is 0 Å². The summed E-state index contributed by atoms with van der Waals surface area (Å²) in [5.74, 6) is 0.122. The van der Waals surface area contributed by atoms with Crippen molar-refractivity contribution in [3.63, 3.8) is 0 Å². The molecule has 4 aromatic carbocycles. The quantitative estimate of drug-likeness (QED) is 0.342. The lowest BCUT2D eigenvalue weighted by atomic mass is 10.0. The molecule has 0 saturated heterocycles. The fourth-order valence-electron chi connectivity index (χ4n) is 3.92. The van der Waals surface area contributed by atoms with Crippen molar-refractivity contribution < 1.29 is 17.6 Å². The van der Waals surface area contributed by atoms with E-state index in [0.29, 0.717) is 44.4 Å². The zero-order valence-corrected chi connectivity index (χ0v) is 18.5. The molecule has 0 unspecified atom stereocenters. The highest BCUT2D eigenvalue weighted by Crippen LogP contribution is 2.37. The van der Waals surface area contributed by atoms with Gasteiger partial charge in [0, 0.05) is 21.8 Å². The summed E-state index contributed by atoms with van der Waals surface area (Å²) in [6.07, 6.45) is 0. The molecule has 33 heavy (non-hydrogen) atoms. The number of aryl methyl sites for hydroxylation is 1. The fraction of sp³-hybridized carbons (Fsp3) is 0.0385. The highest BCUT2D eigenvalue weighted by Gasteiger charge is 2.23. The number of fused-ring (bicyclic) bond motifs is 3. The maximum atomic E-state index is 13.2. The van der Waals surface area contributed by atoms with Crippen LogP contribution in [0, 0.1) is 6.92 Å². The largest absolute Gasteiger partial charge is 0.460 e. The number of rotatable bonds is 5. The Bertz CT molecular complexity index is 1590. The van der Waals surface area contributed by atoms with Crippen LogP contribution in [0.15, 0.2) is 100 Å². The van der Waals surface area contributed by atoms with E-state index < -0.39 is 10.0 Å². The number of hydrogen-bond acceptors (Lipinski definition) is 4.